The third kappa shape index (κ3) is 5.05. The summed E-state index contributed by atoms with van der Waals surface area (Å²) in [5.41, 5.74) is 15.4. The van der Waals surface area contributed by atoms with Gasteiger partial charge >= 0.3 is 0 Å². The average Bonchev–Trinajstić information content (AvgIpc) is 4.02. The molecule has 0 aliphatic heterocycles. The number of thiazole rings is 1. The van der Waals surface area contributed by atoms with Gasteiger partial charge in [-0.2, -0.15) is 0 Å². The van der Waals surface area contributed by atoms with E-state index in [1.165, 1.54) is 96.9 Å². The van der Waals surface area contributed by atoms with E-state index in [1.807, 2.05) is 11.3 Å². The van der Waals surface area contributed by atoms with E-state index < -0.39 is 0 Å². The van der Waals surface area contributed by atoms with Crippen LogP contribution in [0.1, 0.15) is 47.6 Å². The van der Waals surface area contributed by atoms with Gasteiger partial charge in [0, 0.05) is 53.5 Å². The second kappa shape index (κ2) is 12.8. The quantitative estimate of drug-likeness (QED) is 0.164. The van der Waals surface area contributed by atoms with Crippen LogP contribution in [0.4, 0.5) is 0 Å². The highest BCUT2D eigenvalue weighted by Gasteiger charge is 2.36. The van der Waals surface area contributed by atoms with Gasteiger partial charge in [0.25, 0.3) is 0 Å². The minimum atomic E-state index is -0.0807. The monoisotopic (exact) mass is 778 g/mol. The Hall–Kier alpha value is -6.33. The molecule has 58 heavy (non-hydrogen) atoms. The van der Waals surface area contributed by atoms with Crippen LogP contribution in [0.3, 0.4) is 0 Å². The molecule has 1 aliphatic carbocycles. The largest absolute Gasteiger partial charge is 0.309 e. The number of fused-ring (bicyclic) bond motifs is 10. The Morgan fingerprint density at radius 3 is 1.93 bits per heavy atom. The van der Waals surface area contributed by atoms with E-state index in [0.29, 0.717) is 0 Å². The highest BCUT2D eigenvalue weighted by atomic mass is 32.1. The summed E-state index contributed by atoms with van der Waals surface area (Å²) in [5.74, 6) is 0.132. The molecule has 0 saturated carbocycles. The highest BCUT2D eigenvalue weighted by molar-refractivity contribution is 7.27. The maximum Gasteiger partial charge on any atom is 0.126 e. The Kier molecular flexibility index (Phi) is 7.48. The second-order valence-electron chi connectivity index (χ2n) is 16.3. The molecule has 0 bridgehead atoms. The zero-order chi connectivity index (χ0) is 38.5. The van der Waals surface area contributed by atoms with Gasteiger partial charge in [0.1, 0.15) is 5.01 Å². The molecule has 0 fully saturated rings. The Morgan fingerprint density at radius 1 is 0.534 bits per heavy atom. The van der Waals surface area contributed by atoms with Crippen LogP contribution in [-0.2, 0) is 11.8 Å². The highest BCUT2D eigenvalue weighted by Crippen LogP contribution is 2.50. The van der Waals surface area contributed by atoms with Crippen molar-refractivity contribution in [1.82, 2.24) is 9.55 Å². The summed E-state index contributed by atoms with van der Waals surface area (Å²) in [7, 11) is 0. The maximum absolute atomic E-state index is 5.14. The molecule has 1 atom stereocenters. The van der Waals surface area contributed by atoms with Crippen molar-refractivity contribution in [2.45, 2.75) is 31.6 Å². The number of aromatic nitrogens is 2. The summed E-state index contributed by atoms with van der Waals surface area (Å²) >= 11 is 3.69. The van der Waals surface area contributed by atoms with E-state index in [1.54, 1.807) is 11.3 Å². The van der Waals surface area contributed by atoms with Crippen LogP contribution < -0.4 is 0 Å². The summed E-state index contributed by atoms with van der Waals surface area (Å²) in [6.07, 6.45) is 0.873. The zero-order valence-corrected chi connectivity index (χ0v) is 33.9. The van der Waals surface area contributed by atoms with Crippen LogP contribution in [0.25, 0.3) is 79.6 Å². The summed E-state index contributed by atoms with van der Waals surface area (Å²) in [6, 6.07) is 65.4. The number of benzene rings is 8. The molecular weight excluding hydrogens is 741 g/mol. The number of rotatable bonds is 6. The fourth-order valence-corrected chi connectivity index (χ4v) is 12.2. The molecular formula is C54H38N2S2. The molecule has 3 heterocycles. The fourth-order valence-electron chi connectivity index (χ4n) is 9.87. The van der Waals surface area contributed by atoms with Crippen LogP contribution in [0.5, 0.6) is 0 Å². The van der Waals surface area contributed by atoms with E-state index in [9.17, 15) is 0 Å². The van der Waals surface area contributed by atoms with E-state index in [0.717, 1.165) is 16.9 Å². The molecule has 0 spiro atoms. The molecule has 0 radical (unpaired) electrons. The molecule has 8 aromatic carbocycles. The second-order valence-corrected chi connectivity index (χ2v) is 18.3. The third-order valence-corrected chi connectivity index (χ3v) is 15.0. The fraction of sp³-hybridized carbons (Fsp3) is 0.0926. The number of para-hydroxylation sites is 3. The van der Waals surface area contributed by atoms with Gasteiger partial charge in [-0.3, -0.25) is 0 Å². The Balaban J connectivity index is 1.04. The molecule has 3 aromatic heterocycles. The lowest BCUT2D eigenvalue weighted by Crippen LogP contribution is -2.16. The van der Waals surface area contributed by atoms with Crippen molar-refractivity contribution in [2.24, 2.45) is 0 Å². The van der Waals surface area contributed by atoms with E-state index in [-0.39, 0.29) is 11.3 Å². The Morgan fingerprint density at radius 2 is 1.16 bits per heavy atom. The van der Waals surface area contributed by atoms with Crippen LogP contribution >= 0.6 is 22.7 Å². The number of hydrogen-bond acceptors (Lipinski definition) is 3. The van der Waals surface area contributed by atoms with E-state index in [2.05, 4.69) is 194 Å². The maximum atomic E-state index is 5.14. The van der Waals surface area contributed by atoms with Crippen LogP contribution in [0, 0.1) is 0 Å². The number of nitrogens with zero attached hydrogens (tertiary/aromatic N) is 2. The molecule has 276 valence electrons. The first-order chi connectivity index (χ1) is 28.5. The van der Waals surface area contributed by atoms with Gasteiger partial charge in [-0.15, -0.1) is 22.7 Å². The van der Waals surface area contributed by atoms with Gasteiger partial charge in [0.05, 0.1) is 21.3 Å². The number of thiophene rings is 1. The van der Waals surface area contributed by atoms with Crippen molar-refractivity contribution in [3.05, 3.63) is 204 Å². The minimum Gasteiger partial charge on any atom is -0.309 e. The lowest BCUT2D eigenvalue weighted by molar-refractivity contribution is 0.657. The predicted octanol–water partition coefficient (Wildman–Crippen LogP) is 15.1. The van der Waals surface area contributed by atoms with Gasteiger partial charge in [0.2, 0.25) is 0 Å². The van der Waals surface area contributed by atoms with Gasteiger partial charge in [-0.05, 0) is 87.8 Å². The van der Waals surface area contributed by atoms with Crippen molar-refractivity contribution in [1.29, 1.82) is 0 Å². The molecule has 1 aliphatic rings. The van der Waals surface area contributed by atoms with Crippen LogP contribution in [0.2, 0.25) is 0 Å². The zero-order valence-electron chi connectivity index (χ0n) is 32.2. The Bertz CT molecular complexity index is 3330. The first-order valence-electron chi connectivity index (χ1n) is 20.1. The smallest absolute Gasteiger partial charge is 0.126 e. The van der Waals surface area contributed by atoms with Crippen molar-refractivity contribution >= 4 is 74.9 Å². The van der Waals surface area contributed by atoms with Crippen molar-refractivity contribution in [2.75, 3.05) is 0 Å². The molecule has 4 heteroatoms. The van der Waals surface area contributed by atoms with Crippen LogP contribution in [-0.4, -0.2) is 9.55 Å². The summed E-state index contributed by atoms with van der Waals surface area (Å²) in [4.78, 5) is 5.14. The van der Waals surface area contributed by atoms with Gasteiger partial charge in [-0.25, -0.2) is 4.98 Å². The molecule has 12 rings (SSSR count). The van der Waals surface area contributed by atoms with Crippen molar-refractivity contribution in [3.8, 4) is 27.4 Å². The normalized spacial score (nSPS) is 13.8. The first-order valence-corrected chi connectivity index (χ1v) is 21.8. The molecule has 11 aromatic rings. The van der Waals surface area contributed by atoms with Crippen LogP contribution in [0.15, 0.2) is 176 Å². The minimum absolute atomic E-state index is 0.0807. The SMILES string of the molecule is CC1(C)c2ccccc2-c2ccc(C(Cc3ccc(-c4nc5ccccc5s4)c4sc5ccccc5c34)c3ccc(-n4c5ccccc5c5ccccc54)cc3)cc21. The summed E-state index contributed by atoms with van der Waals surface area (Å²) in [5, 5.41) is 6.33. The van der Waals surface area contributed by atoms with E-state index in [4.69, 9.17) is 4.98 Å². The standard InChI is InChI=1S/C54H38N2S2/c1-54(2)44-17-7-3-13-37(44)38-29-25-34(32-45(38)54)43(33-23-27-36(28-24-33)56-47-19-9-4-14-39(47)40-15-5-10-20-48(40)56)31-35-26-30-42(53-55-46-18-8-12-22-50(46)58-53)52-51(35)41-16-6-11-21-49(41)57-52/h3-30,32,43H,31H2,1-2H3. The molecule has 0 saturated heterocycles. The molecule has 0 N–H and O–H groups in total. The average molecular weight is 779 g/mol. The van der Waals surface area contributed by atoms with Crippen molar-refractivity contribution in [3.63, 3.8) is 0 Å². The van der Waals surface area contributed by atoms with Crippen molar-refractivity contribution < 1.29 is 0 Å². The third-order valence-electron chi connectivity index (χ3n) is 12.7. The van der Waals surface area contributed by atoms with E-state index >= 15 is 0 Å². The van der Waals surface area contributed by atoms with Gasteiger partial charge < -0.3 is 4.57 Å². The topological polar surface area (TPSA) is 17.8 Å². The first kappa shape index (κ1) is 33.8. The lowest BCUT2D eigenvalue weighted by Gasteiger charge is -2.25. The van der Waals surface area contributed by atoms with Gasteiger partial charge in [0.15, 0.2) is 0 Å². The lowest BCUT2D eigenvalue weighted by atomic mass is 9.79. The molecule has 1 unspecified atom stereocenters. The number of hydrogen-bond donors (Lipinski definition) is 0. The summed E-state index contributed by atoms with van der Waals surface area (Å²) in [6.45, 7) is 4.78. The predicted molar refractivity (Wildman–Crippen MR) is 248 cm³/mol. The summed E-state index contributed by atoms with van der Waals surface area (Å²) < 4.78 is 6.28. The molecule has 0 amide bonds. The molecule has 2 nitrogen and oxygen atoms in total. The Labute approximate surface area is 345 Å². The van der Waals surface area contributed by atoms with Gasteiger partial charge in [-0.1, -0.05) is 147 Å².